The zero-order chi connectivity index (χ0) is 25.4. The van der Waals surface area contributed by atoms with Gasteiger partial charge in [-0.05, 0) is 6.07 Å². The summed E-state index contributed by atoms with van der Waals surface area (Å²) >= 11 is 0. The highest BCUT2D eigenvalue weighted by molar-refractivity contribution is 6.11. The third-order valence-electron chi connectivity index (χ3n) is 6.45. The summed E-state index contributed by atoms with van der Waals surface area (Å²) in [6.07, 6.45) is 3.19. The van der Waals surface area contributed by atoms with E-state index < -0.39 is 23.4 Å². The number of benzene rings is 1. The molecule has 0 aliphatic carbocycles. The molecule has 4 heterocycles. The maximum Gasteiger partial charge on any atom is 0.329 e. The van der Waals surface area contributed by atoms with Gasteiger partial charge in [0.1, 0.15) is 11.3 Å². The van der Waals surface area contributed by atoms with Gasteiger partial charge in [0.15, 0.2) is 23.1 Å². The van der Waals surface area contributed by atoms with Crippen molar-refractivity contribution in [2.45, 2.75) is 13.1 Å². The van der Waals surface area contributed by atoms with Crippen molar-refractivity contribution < 1.29 is 27.8 Å². The van der Waals surface area contributed by atoms with Crippen molar-refractivity contribution in [3.05, 3.63) is 53.9 Å². The second-order valence-electron chi connectivity index (χ2n) is 8.60. The molecule has 2 aromatic heterocycles. The van der Waals surface area contributed by atoms with E-state index in [4.69, 9.17) is 14.2 Å². The van der Waals surface area contributed by atoms with E-state index >= 15 is 8.78 Å². The summed E-state index contributed by atoms with van der Waals surface area (Å²) in [5.74, 6) is -2.45. The molecule has 11 heteroatoms. The molecule has 36 heavy (non-hydrogen) atoms. The number of carbonyl (C=O) groups is 1. The molecule has 190 valence electrons. The van der Waals surface area contributed by atoms with Gasteiger partial charge >= 0.3 is 6.03 Å². The Labute approximate surface area is 206 Å². The summed E-state index contributed by atoms with van der Waals surface area (Å²) in [5, 5.41) is 0.759. The SMILES string of the molecule is C=CCN1C(=O)N(c2c(F)c(OC)cc(OC)c2F)Cc2cnc3[nH]c(CN4CCOCC4)cc3c21. The summed E-state index contributed by atoms with van der Waals surface area (Å²) in [5.41, 5.74) is 2.32. The highest BCUT2D eigenvalue weighted by Crippen LogP contribution is 2.42. The minimum absolute atomic E-state index is 0.0844. The highest BCUT2D eigenvalue weighted by Gasteiger charge is 2.37. The molecule has 1 saturated heterocycles. The van der Waals surface area contributed by atoms with Gasteiger partial charge in [0.05, 0.1) is 39.7 Å². The Morgan fingerprint density at radius 2 is 1.83 bits per heavy atom. The number of nitrogens with zero attached hydrogens (tertiary/aromatic N) is 4. The number of aromatic amines is 1. The van der Waals surface area contributed by atoms with Gasteiger partial charge < -0.3 is 19.2 Å². The van der Waals surface area contributed by atoms with Crippen molar-refractivity contribution in [2.75, 3.05) is 56.9 Å². The van der Waals surface area contributed by atoms with Gasteiger partial charge in [0, 0.05) is 55.1 Å². The molecule has 0 spiro atoms. The summed E-state index contributed by atoms with van der Waals surface area (Å²) in [4.78, 5) is 26.3. The average molecular weight is 500 g/mol. The minimum atomic E-state index is -0.991. The summed E-state index contributed by atoms with van der Waals surface area (Å²) in [7, 11) is 2.52. The number of hydrogen-bond acceptors (Lipinski definition) is 6. The first-order chi connectivity index (χ1) is 17.5. The van der Waals surface area contributed by atoms with Crippen molar-refractivity contribution in [2.24, 2.45) is 0 Å². The maximum atomic E-state index is 15.3. The second-order valence-corrected chi connectivity index (χ2v) is 8.60. The molecule has 0 saturated carbocycles. The molecule has 3 aromatic rings. The number of nitrogens with one attached hydrogen (secondary N) is 1. The number of halogens is 2. The van der Waals surface area contributed by atoms with Crippen LogP contribution in [0.2, 0.25) is 0 Å². The molecule has 5 rings (SSSR count). The number of anilines is 2. The molecule has 1 N–H and O–H groups in total. The van der Waals surface area contributed by atoms with Crippen LogP contribution in [0.15, 0.2) is 31.0 Å². The quantitative estimate of drug-likeness (QED) is 0.498. The van der Waals surface area contributed by atoms with Crippen molar-refractivity contribution >= 4 is 28.4 Å². The van der Waals surface area contributed by atoms with Gasteiger partial charge in [0.2, 0.25) is 0 Å². The third kappa shape index (κ3) is 4.03. The van der Waals surface area contributed by atoms with Crippen molar-refractivity contribution in [3.63, 3.8) is 0 Å². The monoisotopic (exact) mass is 499 g/mol. The fourth-order valence-electron chi connectivity index (χ4n) is 4.74. The van der Waals surface area contributed by atoms with Crippen LogP contribution >= 0.6 is 0 Å². The molecular formula is C25H27F2N5O4. The van der Waals surface area contributed by atoms with Gasteiger partial charge in [-0.3, -0.25) is 14.7 Å². The van der Waals surface area contributed by atoms with E-state index in [2.05, 4.69) is 21.4 Å². The fraction of sp³-hybridized carbons (Fsp3) is 0.360. The number of ether oxygens (including phenoxy) is 3. The highest BCUT2D eigenvalue weighted by atomic mass is 19.1. The van der Waals surface area contributed by atoms with Crippen LogP contribution in [-0.2, 0) is 17.8 Å². The lowest BCUT2D eigenvalue weighted by Crippen LogP contribution is -2.48. The molecule has 0 radical (unpaired) electrons. The molecule has 2 amide bonds. The van der Waals surface area contributed by atoms with Crippen molar-refractivity contribution in [3.8, 4) is 11.5 Å². The Kier molecular flexibility index (Phi) is 6.50. The number of carbonyl (C=O) groups excluding carboxylic acids is 1. The summed E-state index contributed by atoms with van der Waals surface area (Å²) in [6, 6.07) is 2.49. The topological polar surface area (TPSA) is 83.2 Å². The van der Waals surface area contributed by atoms with Gasteiger partial charge in [-0.2, -0.15) is 0 Å². The first kappa shape index (κ1) is 24.0. The first-order valence-corrected chi connectivity index (χ1v) is 11.6. The number of fused-ring (bicyclic) bond motifs is 3. The molecule has 0 atom stereocenters. The van der Waals surface area contributed by atoms with Crippen LogP contribution < -0.4 is 19.3 Å². The molecule has 2 aliphatic rings. The Hall–Kier alpha value is -3.70. The number of aromatic nitrogens is 2. The lowest BCUT2D eigenvalue weighted by molar-refractivity contribution is 0.0337. The van der Waals surface area contributed by atoms with E-state index in [-0.39, 0.29) is 24.6 Å². The zero-order valence-corrected chi connectivity index (χ0v) is 20.1. The number of H-pyrrole nitrogens is 1. The normalized spacial score (nSPS) is 16.4. The third-order valence-corrected chi connectivity index (χ3v) is 6.45. The zero-order valence-electron chi connectivity index (χ0n) is 20.1. The number of methoxy groups -OCH3 is 2. The molecular weight excluding hydrogens is 472 g/mol. The van der Waals surface area contributed by atoms with Crippen molar-refractivity contribution in [1.82, 2.24) is 14.9 Å². The van der Waals surface area contributed by atoms with Gasteiger partial charge in [0.25, 0.3) is 0 Å². The summed E-state index contributed by atoms with van der Waals surface area (Å²) < 4.78 is 46.1. The van der Waals surface area contributed by atoms with E-state index in [1.807, 2.05) is 6.07 Å². The molecule has 1 fully saturated rings. The predicted octanol–water partition coefficient (Wildman–Crippen LogP) is 3.82. The smallest absolute Gasteiger partial charge is 0.329 e. The van der Waals surface area contributed by atoms with Crippen LogP contribution in [-0.4, -0.2) is 68.0 Å². The molecule has 1 aromatic carbocycles. The lowest BCUT2D eigenvalue weighted by Gasteiger charge is -2.37. The minimum Gasteiger partial charge on any atom is -0.493 e. The van der Waals surface area contributed by atoms with Crippen LogP contribution in [0, 0.1) is 11.6 Å². The fourth-order valence-corrected chi connectivity index (χ4v) is 4.74. The van der Waals surface area contributed by atoms with Crippen LogP contribution in [0.4, 0.5) is 25.0 Å². The number of pyridine rings is 1. The van der Waals surface area contributed by atoms with Crippen LogP contribution in [0.25, 0.3) is 11.0 Å². The Morgan fingerprint density at radius 1 is 1.14 bits per heavy atom. The molecule has 0 unspecified atom stereocenters. The van der Waals surface area contributed by atoms with E-state index in [0.717, 1.165) is 35.1 Å². The Bertz CT molecular complexity index is 1290. The molecule has 2 aliphatic heterocycles. The molecule has 0 bridgehead atoms. The largest absolute Gasteiger partial charge is 0.493 e. The van der Waals surface area contributed by atoms with E-state index in [9.17, 15) is 4.79 Å². The standard InChI is InChI=1S/C25H27F2N5O4/c1-4-5-31-22-15(12-28-24-17(22)10-16(29-24)14-30-6-8-36-9-7-30)13-32(25(31)33)23-20(26)18(34-2)11-19(35-3)21(23)27/h4,10-12H,1,5-9,13-14H2,2-3H3,(H,28,29). The first-order valence-electron chi connectivity index (χ1n) is 11.6. The van der Waals surface area contributed by atoms with Gasteiger partial charge in [-0.15, -0.1) is 6.58 Å². The number of morpholine rings is 1. The average Bonchev–Trinajstić information content (AvgIpc) is 3.29. The second kappa shape index (κ2) is 9.75. The van der Waals surface area contributed by atoms with Crippen LogP contribution in [0.3, 0.4) is 0 Å². The number of hydrogen-bond donors (Lipinski definition) is 1. The lowest BCUT2D eigenvalue weighted by atomic mass is 10.1. The number of urea groups is 1. The van der Waals surface area contributed by atoms with E-state index in [1.165, 1.54) is 19.1 Å². The van der Waals surface area contributed by atoms with Gasteiger partial charge in [-0.25, -0.2) is 18.6 Å². The number of amides is 2. The predicted molar refractivity (Wildman–Crippen MR) is 131 cm³/mol. The van der Waals surface area contributed by atoms with Crippen LogP contribution in [0.1, 0.15) is 11.3 Å². The number of rotatable bonds is 7. The maximum absolute atomic E-state index is 15.3. The van der Waals surface area contributed by atoms with Crippen LogP contribution in [0.5, 0.6) is 11.5 Å². The van der Waals surface area contributed by atoms with E-state index in [0.29, 0.717) is 36.7 Å². The molecule has 9 nitrogen and oxygen atoms in total. The Morgan fingerprint density at radius 3 is 2.47 bits per heavy atom. The van der Waals surface area contributed by atoms with E-state index in [1.54, 1.807) is 12.3 Å². The van der Waals surface area contributed by atoms with Gasteiger partial charge in [-0.1, -0.05) is 6.08 Å². The van der Waals surface area contributed by atoms with Crippen molar-refractivity contribution in [1.29, 1.82) is 0 Å². The summed E-state index contributed by atoms with van der Waals surface area (Å²) in [6.45, 7) is 7.55. The Balaban J connectivity index is 1.59.